The number of rotatable bonds is 0. The first-order valence-corrected chi connectivity index (χ1v) is 3.18. The predicted octanol–water partition coefficient (Wildman–Crippen LogP) is 0.00750. The maximum absolute atomic E-state index is 11.0. The molecule has 0 aromatic carbocycles. The van der Waals surface area contributed by atoms with Crippen LogP contribution in [0.2, 0.25) is 0 Å². The topological polar surface area (TPSA) is 58.5 Å². The van der Waals surface area contributed by atoms with Crippen molar-refractivity contribution in [2.24, 2.45) is 4.99 Å². The van der Waals surface area contributed by atoms with Crippen LogP contribution >= 0.6 is 0 Å². The molecule has 0 aromatic rings. The number of aliphatic imine (C=N–C) groups is 1. The Morgan fingerprint density at radius 1 is 1.45 bits per heavy atom. The molecule has 0 saturated heterocycles. The van der Waals surface area contributed by atoms with Gasteiger partial charge in [-0.1, -0.05) is 5.57 Å². The quantitative estimate of drug-likeness (QED) is 0.392. The van der Waals surface area contributed by atoms with Crippen molar-refractivity contribution in [3.05, 3.63) is 11.1 Å². The van der Waals surface area contributed by atoms with Crippen LogP contribution in [0.15, 0.2) is 16.1 Å². The van der Waals surface area contributed by atoms with E-state index in [2.05, 4.69) is 10.3 Å². The second kappa shape index (κ2) is 2.65. The zero-order valence-corrected chi connectivity index (χ0v) is 6.34. The monoisotopic (exact) mass is 152 g/mol. The van der Waals surface area contributed by atoms with Crippen LogP contribution in [0, 0.1) is 0 Å². The van der Waals surface area contributed by atoms with Crippen molar-refractivity contribution in [2.75, 3.05) is 0 Å². The first kappa shape index (κ1) is 7.65. The van der Waals surface area contributed by atoms with Gasteiger partial charge in [-0.2, -0.15) is 4.99 Å². The van der Waals surface area contributed by atoms with E-state index in [1.54, 1.807) is 13.8 Å². The second-order valence-corrected chi connectivity index (χ2v) is 2.41. The molecular formula is C7H8N2O2. The molecule has 2 amide bonds. The van der Waals surface area contributed by atoms with E-state index in [0.717, 1.165) is 6.34 Å². The zero-order chi connectivity index (χ0) is 8.43. The van der Waals surface area contributed by atoms with Crippen LogP contribution in [-0.2, 0) is 9.59 Å². The molecule has 1 heterocycles. The highest BCUT2D eigenvalue weighted by atomic mass is 16.2. The summed E-state index contributed by atoms with van der Waals surface area (Å²) in [4.78, 5) is 25.3. The molecule has 0 aliphatic carbocycles. The third-order valence-corrected chi connectivity index (χ3v) is 1.32. The Hall–Kier alpha value is -1.45. The van der Waals surface area contributed by atoms with Gasteiger partial charge in [0.15, 0.2) is 0 Å². The molecule has 0 fully saturated rings. The van der Waals surface area contributed by atoms with Gasteiger partial charge in [-0.05, 0) is 13.8 Å². The zero-order valence-electron chi connectivity index (χ0n) is 6.34. The number of nitrogens with one attached hydrogen (secondary N) is 1. The Morgan fingerprint density at radius 2 is 2.09 bits per heavy atom. The molecule has 1 aliphatic rings. The molecule has 4 heteroatoms. The Kier molecular flexibility index (Phi) is 1.85. The maximum atomic E-state index is 11.0. The highest BCUT2D eigenvalue weighted by molar-refractivity contribution is 6.25. The summed E-state index contributed by atoms with van der Waals surface area (Å²) in [5, 5.41) is 2.33. The summed E-state index contributed by atoms with van der Waals surface area (Å²) in [5.74, 6) is -0.834. The highest BCUT2D eigenvalue weighted by Crippen LogP contribution is 2.07. The molecule has 0 bridgehead atoms. The SMILES string of the molecule is CC(C)=C1C(=O)N=CNC1=O. The van der Waals surface area contributed by atoms with Gasteiger partial charge in [0.2, 0.25) is 0 Å². The average molecular weight is 152 g/mol. The lowest BCUT2D eigenvalue weighted by atomic mass is 10.1. The molecule has 1 rings (SSSR count). The fourth-order valence-electron chi connectivity index (χ4n) is 0.824. The Morgan fingerprint density at radius 3 is 2.45 bits per heavy atom. The summed E-state index contributed by atoms with van der Waals surface area (Å²) in [6.07, 6.45) is 1.11. The first-order valence-electron chi connectivity index (χ1n) is 3.18. The smallest absolute Gasteiger partial charge is 0.283 e. The summed E-state index contributed by atoms with van der Waals surface area (Å²) >= 11 is 0. The van der Waals surface area contributed by atoms with Crippen molar-refractivity contribution >= 4 is 18.2 Å². The first-order chi connectivity index (χ1) is 5.13. The van der Waals surface area contributed by atoms with Crippen LogP contribution in [0.5, 0.6) is 0 Å². The Labute approximate surface area is 64.0 Å². The maximum Gasteiger partial charge on any atom is 0.283 e. The van der Waals surface area contributed by atoms with E-state index in [4.69, 9.17) is 0 Å². The van der Waals surface area contributed by atoms with Crippen LogP contribution < -0.4 is 5.32 Å². The van der Waals surface area contributed by atoms with Crippen LogP contribution in [0.1, 0.15) is 13.8 Å². The lowest BCUT2D eigenvalue weighted by Crippen LogP contribution is -2.32. The van der Waals surface area contributed by atoms with Crippen LogP contribution in [0.4, 0.5) is 0 Å². The molecule has 0 radical (unpaired) electrons. The largest absolute Gasteiger partial charge is 0.312 e. The van der Waals surface area contributed by atoms with Crippen molar-refractivity contribution in [3.8, 4) is 0 Å². The number of amides is 2. The van der Waals surface area contributed by atoms with Gasteiger partial charge in [-0.15, -0.1) is 0 Å². The third kappa shape index (κ3) is 1.34. The Balaban J connectivity index is 3.13. The number of carbonyl (C=O) groups excluding carboxylic acids is 2. The third-order valence-electron chi connectivity index (χ3n) is 1.32. The number of nitrogens with zero attached hydrogens (tertiary/aromatic N) is 1. The van der Waals surface area contributed by atoms with Crippen molar-refractivity contribution in [2.45, 2.75) is 13.8 Å². The predicted molar refractivity (Wildman–Crippen MR) is 40.0 cm³/mol. The standard InChI is InChI=1S/C7H8N2O2/c1-4(2)5-6(10)8-3-9-7(5)11/h3H,1-2H3,(H,8,9,10,11). The van der Waals surface area contributed by atoms with Crippen LogP contribution in [0.25, 0.3) is 0 Å². The summed E-state index contributed by atoms with van der Waals surface area (Å²) in [6.45, 7) is 3.40. The molecule has 0 saturated carbocycles. The molecule has 58 valence electrons. The van der Waals surface area contributed by atoms with Gasteiger partial charge in [-0.25, -0.2) is 0 Å². The van der Waals surface area contributed by atoms with Crippen molar-refractivity contribution in [1.82, 2.24) is 5.32 Å². The van der Waals surface area contributed by atoms with E-state index >= 15 is 0 Å². The normalized spacial score (nSPS) is 16.7. The average Bonchev–Trinajstić information content (AvgIpc) is 1.85. The van der Waals surface area contributed by atoms with Crippen molar-refractivity contribution in [3.63, 3.8) is 0 Å². The molecule has 0 spiro atoms. The fraction of sp³-hybridized carbons (Fsp3) is 0.286. The van der Waals surface area contributed by atoms with E-state index < -0.39 is 5.91 Å². The minimum absolute atomic E-state index is 0.146. The number of hydrogen-bond acceptors (Lipinski definition) is 2. The van der Waals surface area contributed by atoms with Crippen molar-refractivity contribution < 1.29 is 9.59 Å². The molecule has 11 heavy (non-hydrogen) atoms. The van der Waals surface area contributed by atoms with E-state index in [0.29, 0.717) is 5.57 Å². The second-order valence-electron chi connectivity index (χ2n) is 2.41. The summed E-state index contributed by atoms with van der Waals surface area (Å²) < 4.78 is 0. The van der Waals surface area contributed by atoms with E-state index in [9.17, 15) is 9.59 Å². The van der Waals surface area contributed by atoms with E-state index in [1.807, 2.05) is 0 Å². The molecule has 0 unspecified atom stereocenters. The minimum Gasteiger partial charge on any atom is -0.312 e. The summed E-state index contributed by atoms with van der Waals surface area (Å²) in [6, 6.07) is 0. The Bertz CT molecular complexity index is 272. The highest BCUT2D eigenvalue weighted by Gasteiger charge is 2.21. The molecule has 0 aromatic heterocycles. The van der Waals surface area contributed by atoms with Gasteiger partial charge in [0.05, 0.1) is 6.34 Å². The summed E-state index contributed by atoms with van der Waals surface area (Å²) in [7, 11) is 0. The lowest BCUT2D eigenvalue weighted by molar-refractivity contribution is -0.121. The number of allylic oxidation sites excluding steroid dienone is 1. The van der Waals surface area contributed by atoms with Gasteiger partial charge >= 0.3 is 0 Å². The van der Waals surface area contributed by atoms with Gasteiger partial charge < -0.3 is 5.32 Å². The summed E-state index contributed by atoms with van der Waals surface area (Å²) in [5.41, 5.74) is 0.830. The van der Waals surface area contributed by atoms with Gasteiger partial charge in [0.1, 0.15) is 5.57 Å². The molecule has 1 aliphatic heterocycles. The molecule has 1 N–H and O–H groups in total. The van der Waals surface area contributed by atoms with E-state index in [1.165, 1.54) is 0 Å². The van der Waals surface area contributed by atoms with Gasteiger partial charge in [0, 0.05) is 0 Å². The minimum atomic E-state index is -0.464. The van der Waals surface area contributed by atoms with Gasteiger partial charge in [0.25, 0.3) is 11.8 Å². The van der Waals surface area contributed by atoms with Gasteiger partial charge in [-0.3, -0.25) is 9.59 Å². The van der Waals surface area contributed by atoms with E-state index in [-0.39, 0.29) is 11.5 Å². The molecule has 0 atom stereocenters. The molecule has 4 nitrogen and oxygen atoms in total. The van der Waals surface area contributed by atoms with Crippen LogP contribution in [0.3, 0.4) is 0 Å². The number of hydrogen-bond donors (Lipinski definition) is 1. The molecular weight excluding hydrogens is 144 g/mol. The fourth-order valence-corrected chi connectivity index (χ4v) is 0.824. The van der Waals surface area contributed by atoms with Crippen LogP contribution in [-0.4, -0.2) is 18.2 Å². The lowest BCUT2D eigenvalue weighted by Gasteiger charge is -2.07. The van der Waals surface area contributed by atoms with Crippen molar-refractivity contribution in [1.29, 1.82) is 0 Å². The number of carbonyl (C=O) groups is 2.